The zero-order valence-electron chi connectivity index (χ0n) is 13.5. The van der Waals surface area contributed by atoms with Gasteiger partial charge in [-0.05, 0) is 44.2 Å². The lowest BCUT2D eigenvalue weighted by Crippen LogP contribution is -2.45. The monoisotopic (exact) mass is 315 g/mol. The smallest absolute Gasteiger partial charge is 0.329 e. The highest BCUT2D eigenvalue weighted by molar-refractivity contribution is 6.22. The normalized spacial score (nSPS) is 25.2. The average Bonchev–Trinajstić information content (AvgIpc) is 2.79. The number of hydrogen-bond acceptors (Lipinski definition) is 4. The van der Waals surface area contributed by atoms with Crippen LogP contribution in [0.2, 0.25) is 0 Å². The molecule has 5 nitrogen and oxygen atoms in total. The molecule has 0 radical (unpaired) electrons. The number of fused-ring (bicyclic) bond motifs is 1. The first kappa shape index (κ1) is 15.7. The number of carbonyl (C=O) groups excluding carboxylic acids is 3. The van der Waals surface area contributed by atoms with Crippen molar-refractivity contribution >= 4 is 17.8 Å². The number of rotatable bonds is 3. The summed E-state index contributed by atoms with van der Waals surface area (Å²) < 4.78 is 5.55. The Balaban J connectivity index is 1.71. The van der Waals surface area contributed by atoms with Crippen molar-refractivity contribution in [3.63, 3.8) is 0 Å². The Morgan fingerprint density at radius 3 is 2.35 bits per heavy atom. The van der Waals surface area contributed by atoms with Crippen LogP contribution < -0.4 is 0 Å². The molecule has 3 rings (SSSR count). The molecular weight excluding hydrogens is 294 g/mol. The van der Waals surface area contributed by atoms with E-state index in [1.54, 1.807) is 31.2 Å². The van der Waals surface area contributed by atoms with Crippen LogP contribution in [0.3, 0.4) is 0 Å². The summed E-state index contributed by atoms with van der Waals surface area (Å²) in [6.45, 7) is 3.70. The predicted octanol–water partition coefficient (Wildman–Crippen LogP) is 2.79. The minimum absolute atomic E-state index is 0.108. The molecule has 1 aromatic rings. The van der Waals surface area contributed by atoms with Gasteiger partial charge in [-0.2, -0.15) is 0 Å². The van der Waals surface area contributed by atoms with Gasteiger partial charge in [-0.3, -0.25) is 14.5 Å². The summed E-state index contributed by atoms with van der Waals surface area (Å²) in [7, 11) is 0. The average molecular weight is 315 g/mol. The van der Waals surface area contributed by atoms with Crippen LogP contribution in [0.4, 0.5) is 0 Å². The molecule has 1 heterocycles. The molecule has 1 aliphatic heterocycles. The van der Waals surface area contributed by atoms with E-state index in [-0.39, 0.29) is 6.10 Å². The van der Waals surface area contributed by atoms with Crippen LogP contribution in [0.25, 0.3) is 0 Å². The quantitative estimate of drug-likeness (QED) is 0.635. The minimum Gasteiger partial charge on any atom is -0.461 e. The van der Waals surface area contributed by atoms with E-state index in [1.807, 2.05) is 0 Å². The Labute approximate surface area is 135 Å². The number of ether oxygens (including phenoxy) is 1. The molecule has 0 spiro atoms. The Kier molecular flexibility index (Phi) is 4.20. The van der Waals surface area contributed by atoms with E-state index in [0.29, 0.717) is 17.0 Å². The van der Waals surface area contributed by atoms with Gasteiger partial charge < -0.3 is 4.74 Å². The second-order valence-electron chi connectivity index (χ2n) is 6.53. The van der Waals surface area contributed by atoms with Crippen molar-refractivity contribution in [2.24, 2.45) is 5.92 Å². The van der Waals surface area contributed by atoms with E-state index in [0.717, 1.165) is 30.6 Å². The molecule has 2 amide bonds. The van der Waals surface area contributed by atoms with Crippen molar-refractivity contribution < 1.29 is 19.1 Å². The molecule has 1 aliphatic carbocycles. The number of benzene rings is 1. The van der Waals surface area contributed by atoms with Crippen LogP contribution in [0.1, 0.15) is 60.2 Å². The van der Waals surface area contributed by atoms with Crippen LogP contribution in [-0.4, -0.2) is 34.8 Å². The van der Waals surface area contributed by atoms with Gasteiger partial charge in [0.25, 0.3) is 11.8 Å². The Morgan fingerprint density at radius 1 is 1.17 bits per heavy atom. The highest BCUT2D eigenvalue weighted by Gasteiger charge is 2.41. The summed E-state index contributed by atoms with van der Waals surface area (Å²) >= 11 is 0. The van der Waals surface area contributed by atoms with Crippen molar-refractivity contribution in [3.8, 4) is 0 Å². The van der Waals surface area contributed by atoms with E-state index in [2.05, 4.69) is 6.92 Å². The summed E-state index contributed by atoms with van der Waals surface area (Å²) in [5, 5.41) is 0. The molecular formula is C18H21NO4. The first-order chi connectivity index (χ1) is 11.0. The van der Waals surface area contributed by atoms with E-state index in [9.17, 15) is 14.4 Å². The van der Waals surface area contributed by atoms with Crippen molar-refractivity contribution in [1.82, 2.24) is 4.90 Å². The third-order valence-corrected chi connectivity index (χ3v) is 4.72. The number of amides is 2. The molecule has 1 saturated carbocycles. The van der Waals surface area contributed by atoms with E-state index in [1.165, 1.54) is 0 Å². The number of hydrogen-bond donors (Lipinski definition) is 0. The molecule has 0 saturated heterocycles. The van der Waals surface area contributed by atoms with E-state index < -0.39 is 23.8 Å². The maximum absolute atomic E-state index is 12.4. The van der Waals surface area contributed by atoms with Crippen molar-refractivity contribution in [2.75, 3.05) is 0 Å². The van der Waals surface area contributed by atoms with Crippen LogP contribution in [-0.2, 0) is 9.53 Å². The van der Waals surface area contributed by atoms with Gasteiger partial charge in [0.05, 0.1) is 11.1 Å². The summed E-state index contributed by atoms with van der Waals surface area (Å²) in [4.78, 5) is 38.2. The molecule has 3 atom stereocenters. The van der Waals surface area contributed by atoms with Crippen LogP contribution in [0.15, 0.2) is 24.3 Å². The zero-order chi connectivity index (χ0) is 16.6. The lowest BCUT2D eigenvalue weighted by Gasteiger charge is -2.29. The van der Waals surface area contributed by atoms with Gasteiger partial charge in [0.2, 0.25) is 0 Å². The second-order valence-corrected chi connectivity index (χ2v) is 6.53. The van der Waals surface area contributed by atoms with Crippen LogP contribution in [0.5, 0.6) is 0 Å². The summed E-state index contributed by atoms with van der Waals surface area (Å²) in [5.74, 6) is -0.811. The van der Waals surface area contributed by atoms with Gasteiger partial charge in [0, 0.05) is 0 Å². The Bertz CT molecular complexity index is 619. The SMILES string of the molecule is CC1CCCC(OC(=O)C(C)N2C(=O)c3ccccc3C2=O)C1. The fraction of sp³-hybridized carbons (Fsp3) is 0.500. The van der Waals surface area contributed by atoms with E-state index in [4.69, 9.17) is 4.74 Å². The third kappa shape index (κ3) is 2.87. The van der Waals surface area contributed by atoms with Crippen molar-refractivity contribution in [2.45, 2.75) is 51.7 Å². The molecule has 0 aromatic heterocycles. The molecule has 122 valence electrons. The van der Waals surface area contributed by atoms with Gasteiger partial charge >= 0.3 is 5.97 Å². The molecule has 0 N–H and O–H groups in total. The number of nitrogens with zero attached hydrogens (tertiary/aromatic N) is 1. The fourth-order valence-electron chi connectivity index (χ4n) is 3.41. The lowest BCUT2D eigenvalue weighted by molar-refractivity contribution is -0.155. The maximum atomic E-state index is 12.4. The standard InChI is InChI=1S/C18H21NO4/c1-11-6-5-7-13(10-11)23-18(22)12(2)19-16(20)14-8-3-4-9-15(14)17(19)21/h3-4,8-9,11-13H,5-7,10H2,1-2H3. The number of esters is 1. The van der Waals surface area contributed by atoms with Gasteiger partial charge in [-0.25, -0.2) is 4.79 Å². The first-order valence-electron chi connectivity index (χ1n) is 8.16. The highest BCUT2D eigenvalue weighted by atomic mass is 16.5. The summed E-state index contributed by atoms with van der Waals surface area (Å²) in [6.07, 6.45) is 3.79. The van der Waals surface area contributed by atoms with E-state index >= 15 is 0 Å². The highest BCUT2D eigenvalue weighted by Crippen LogP contribution is 2.28. The molecule has 1 aromatic carbocycles. The second kappa shape index (κ2) is 6.14. The molecule has 3 unspecified atom stereocenters. The summed E-state index contributed by atoms with van der Waals surface area (Å²) in [6, 6.07) is 5.73. The summed E-state index contributed by atoms with van der Waals surface area (Å²) in [5.41, 5.74) is 0.701. The topological polar surface area (TPSA) is 63.7 Å². The Hall–Kier alpha value is -2.17. The minimum atomic E-state index is -0.903. The molecule has 0 bridgehead atoms. The Morgan fingerprint density at radius 2 is 1.78 bits per heavy atom. The maximum Gasteiger partial charge on any atom is 0.329 e. The largest absolute Gasteiger partial charge is 0.461 e. The fourth-order valence-corrected chi connectivity index (χ4v) is 3.41. The van der Waals surface area contributed by atoms with Gasteiger partial charge in [-0.15, -0.1) is 0 Å². The molecule has 2 aliphatic rings. The van der Waals surface area contributed by atoms with Crippen LogP contribution in [0, 0.1) is 5.92 Å². The van der Waals surface area contributed by atoms with Gasteiger partial charge in [0.15, 0.2) is 0 Å². The van der Waals surface area contributed by atoms with Gasteiger partial charge in [-0.1, -0.05) is 25.5 Å². The predicted molar refractivity (Wildman–Crippen MR) is 83.9 cm³/mol. The first-order valence-corrected chi connectivity index (χ1v) is 8.16. The number of carbonyl (C=O) groups is 3. The molecule has 1 fully saturated rings. The van der Waals surface area contributed by atoms with Crippen LogP contribution >= 0.6 is 0 Å². The number of imide groups is 1. The zero-order valence-corrected chi connectivity index (χ0v) is 13.5. The van der Waals surface area contributed by atoms with Gasteiger partial charge in [0.1, 0.15) is 12.1 Å². The molecule has 5 heteroatoms. The third-order valence-electron chi connectivity index (χ3n) is 4.72. The van der Waals surface area contributed by atoms with Crippen molar-refractivity contribution in [3.05, 3.63) is 35.4 Å². The molecule has 23 heavy (non-hydrogen) atoms. The van der Waals surface area contributed by atoms with Crippen molar-refractivity contribution in [1.29, 1.82) is 0 Å². The lowest BCUT2D eigenvalue weighted by atomic mass is 9.89.